The van der Waals surface area contributed by atoms with Crippen molar-refractivity contribution >= 4 is 40.2 Å². The van der Waals surface area contributed by atoms with Crippen molar-refractivity contribution in [3.63, 3.8) is 0 Å². The number of primary amides is 1. The van der Waals surface area contributed by atoms with Crippen molar-refractivity contribution in [1.82, 2.24) is 0 Å². The molecular formula is C19H18N2O3S. The number of benzene rings is 2. The number of fused-ring (bicyclic) bond motifs is 1. The summed E-state index contributed by atoms with van der Waals surface area (Å²) in [5.41, 5.74) is 6.69. The summed E-state index contributed by atoms with van der Waals surface area (Å²) in [6.45, 7) is 4.18. The molecule has 1 heterocycles. The van der Waals surface area contributed by atoms with Gasteiger partial charge in [0, 0.05) is 21.1 Å². The molecule has 1 aromatic heterocycles. The molecule has 2 amide bonds. The Kier molecular flexibility index (Phi) is 4.81. The lowest BCUT2D eigenvalue weighted by molar-refractivity contribution is 0.0977. The molecule has 0 aliphatic heterocycles. The van der Waals surface area contributed by atoms with Crippen LogP contribution in [0.1, 0.15) is 34.8 Å². The second kappa shape index (κ2) is 7.03. The maximum atomic E-state index is 12.7. The monoisotopic (exact) mass is 354 g/mol. The molecule has 0 aliphatic carbocycles. The average Bonchev–Trinajstić information content (AvgIpc) is 2.93. The molecule has 0 bridgehead atoms. The summed E-state index contributed by atoms with van der Waals surface area (Å²) in [4.78, 5) is 25.3. The van der Waals surface area contributed by atoms with Gasteiger partial charge in [-0.05, 0) is 30.3 Å². The molecule has 0 saturated carbocycles. The lowest BCUT2D eigenvalue weighted by Crippen LogP contribution is -2.17. The van der Waals surface area contributed by atoms with E-state index < -0.39 is 5.91 Å². The summed E-state index contributed by atoms with van der Waals surface area (Å²) in [7, 11) is 0. The number of rotatable bonds is 5. The fraction of sp³-hybridized carbons (Fsp3) is 0.158. The number of carbonyl (C=O) groups excluding carboxylic acids is 2. The van der Waals surface area contributed by atoms with Crippen LogP contribution in [-0.4, -0.2) is 17.1 Å². The lowest BCUT2D eigenvalue weighted by Gasteiger charge is -2.08. The van der Waals surface area contributed by atoms with Crippen molar-refractivity contribution in [1.29, 1.82) is 0 Å². The zero-order valence-electron chi connectivity index (χ0n) is 13.9. The molecule has 2 aromatic carbocycles. The van der Waals surface area contributed by atoms with Crippen molar-refractivity contribution < 1.29 is 14.0 Å². The van der Waals surface area contributed by atoms with Crippen molar-refractivity contribution in [3.8, 4) is 0 Å². The summed E-state index contributed by atoms with van der Waals surface area (Å²) >= 11 is 1.68. The van der Waals surface area contributed by atoms with Gasteiger partial charge in [-0.15, -0.1) is 11.8 Å². The van der Waals surface area contributed by atoms with E-state index in [0.717, 1.165) is 4.90 Å². The molecule has 3 aromatic rings. The molecule has 3 rings (SSSR count). The first-order valence-electron chi connectivity index (χ1n) is 7.85. The Morgan fingerprint density at radius 3 is 2.60 bits per heavy atom. The number of furan rings is 1. The quantitative estimate of drug-likeness (QED) is 0.670. The van der Waals surface area contributed by atoms with E-state index in [-0.39, 0.29) is 11.7 Å². The topological polar surface area (TPSA) is 85.3 Å². The summed E-state index contributed by atoms with van der Waals surface area (Å²) in [6.07, 6.45) is 0. The molecule has 0 unspecified atom stereocenters. The number of nitrogens with one attached hydrogen (secondary N) is 1. The third kappa shape index (κ3) is 3.69. The van der Waals surface area contributed by atoms with Crippen molar-refractivity contribution in [3.05, 3.63) is 59.9 Å². The first-order chi connectivity index (χ1) is 12.0. The van der Waals surface area contributed by atoms with Crippen LogP contribution in [0.3, 0.4) is 0 Å². The molecule has 6 heteroatoms. The Morgan fingerprint density at radius 1 is 1.12 bits per heavy atom. The smallest absolute Gasteiger partial charge is 0.286 e. The van der Waals surface area contributed by atoms with Gasteiger partial charge in [0.15, 0.2) is 0 Å². The number of nitrogens with two attached hydrogens (primary N) is 1. The van der Waals surface area contributed by atoms with Crippen LogP contribution in [0.4, 0.5) is 5.69 Å². The number of anilines is 1. The standard InChI is InChI=1S/C19H18N2O3S/c1-11(2)25-13-7-5-6-12(10-13)19(23)21-16-14-8-3-4-9-15(14)24-17(16)18(20)22/h3-11H,1-2H3,(H2,20,22)(H,21,23). The molecule has 0 spiro atoms. The van der Waals surface area contributed by atoms with Gasteiger partial charge in [0.25, 0.3) is 11.8 Å². The SMILES string of the molecule is CC(C)Sc1cccc(C(=O)Nc2c(C(N)=O)oc3ccccc23)c1. The fourth-order valence-corrected chi connectivity index (χ4v) is 3.41. The Bertz CT molecular complexity index is 947. The number of hydrogen-bond acceptors (Lipinski definition) is 4. The van der Waals surface area contributed by atoms with Gasteiger partial charge in [0.1, 0.15) is 11.3 Å². The summed E-state index contributed by atoms with van der Waals surface area (Å²) in [5.74, 6) is -1.10. The normalized spacial score (nSPS) is 11.0. The minimum Gasteiger partial charge on any atom is -0.449 e. The third-order valence-electron chi connectivity index (χ3n) is 3.53. The van der Waals surface area contributed by atoms with Gasteiger partial charge in [0.2, 0.25) is 5.76 Å². The maximum Gasteiger partial charge on any atom is 0.286 e. The molecule has 3 N–H and O–H groups in total. The van der Waals surface area contributed by atoms with E-state index in [1.165, 1.54) is 0 Å². The van der Waals surface area contributed by atoms with E-state index in [0.29, 0.717) is 27.5 Å². The molecular weight excluding hydrogens is 336 g/mol. The predicted molar refractivity (Wildman–Crippen MR) is 100 cm³/mol. The first kappa shape index (κ1) is 17.1. The molecule has 0 atom stereocenters. The third-order valence-corrected chi connectivity index (χ3v) is 4.52. The molecule has 25 heavy (non-hydrogen) atoms. The minimum atomic E-state index is -0.726. The zero-order chi connectivity index (χ0) is 18.0. The Morgan fingerprint density at radius 2 is 1.88 bits per heavy atom. The average molecular weight is 354 g/mol. The Hall–Kier alpha value is -2.73. The molecule has 128 valence electrons. The highest BCUT2D eigenvalue weighted by Crippen LogP contribution is 2.31. The Labute approximate surface area is 149 Å². The molecule has 0 fully saturated rings. The van der Waals surface area contributed by atoms with E-state index in [2.05, 4.69) is 19.2 Å². The lowest BCUT2D eigenvalue weighted by atomic mass is 10.2. The van der Waals surface area contributed by atoms with Crippen LogP contribution in [0.2, 0.25) is 0 Å². The van der Waals surface area contributed by atoms with Gasteiger partial charge >= 0.3 is 0 Å². The number of hydrogen-bond donors (Lipinski definition) is 2. The Balaban J connectivity index is 1.95. The van der Waals surface area contributed by atoms with Gasteiger partial charge in [-0.25, -0.2) is 0 Å². The second-order valence-corrected chi connectivity index (χ2v) is 7.47. The molecule has 0 radical (unpaired) electrons. The zero-order valence-corrected chi connectivity index (χ0v) is 14.7. The van der Waals surface area contributed by atoms with E-state index in [4.69, 9.17) is 10.2 Å². The summed E-state index contributed by atoms with van der Waals surface area (Å²) in [6, 6.07) is 14.4. The molecule has 5 nitrogen and oxygen atoms in total. The number of carbonyl (C=O) groups is 2. The van der Waals surface area contributed by atoms with Crippen molar-refractivity contribution in [2.45, 2.75) is 24.0 Å². The van der Waals surface area contributed by atoms with Crippen LogP contribution >= 0.6 is 11.8 Å². The van der Waals surface area contributed by atoms with Crippen molar-refractivity contribution in [2.24, 2.45) is 5.73 Å². The minimum absolute atomic E-state index is 0.0535. The van der Waals surface area contributed by atoms with Crippen LogP contribution in [0.5, 0.6) is 0 Å². The van der Waals surface area contributed by atoms with Crippen LogP contribution < -0.4 is 11.1 Å². The predicted octanol–water partition coefficient (Wildman–Crippen LogP) is 4.28. The van der Waals surface area contributed by atoms with Gasteiger partial charge in [-0.1, -0.05) is 32.0 Å². The summed E-state index contributed by atoms with van der Waals surface area (Å²) in [5, 5.41) is 3.82. The van der Waals surface area contributed by atoms with Crippen LogP contribution in [-0.2, 0) is 0 Å². The van der Waals surface area contributed by atoms with Crippen LogP contribution in [0.25, 0.3) is 11.0 Å². The number of amides is 2. The number of thioether (sulfide) groups is 1. The van der Waals surface area contributed by atoms with Gasteiger partial charge in [-0.2, -0.15) is 0 Å². The van der Waals surface area contributed by atoms with Crippen molar-refractivity contribution in [2.75, 3.05) is 5.32 Å². The number of para-hydroxylation sites is 1. The molecule has 0 aliphatic rings. The molecule has 0 saturated heterocycles. The second-order valence-electron chi connectivity index (χ2n) is 5.82. The van der Waals surface area contributed by atoms with E-state index in [1.54, 1.807) is 42.1 Å². The first-order valence-corrected chi connectivity index (χ1v) is 8.73. The highest BCUT2D eigenvalue weighted by Gasteiger charge is 2.20. The van der Waals surface area contributed by atoms with Gasteiger partial charge < -0.3 is 15.5 Å². The van der Waals surface area contributed by atoms with E-state index >= 15 is 0 Å². The van der Waals surface area contributed by atoms with Crippen LogP contribution in [0, 0.1) is 0 Å². The summed E-state index contributed by atoms with van der Waals surface area (Å²) < 4.78 is 5.48. The van der Waals surface area contributed by atoms with E-state index in [9.17, 15) is 9.59 Å². The van der Waals surface area contributed by atoms with Gasteiger partial charge in [0.05, 0.1) is 0 Å². The van der Waals surface area contributed by atoms with E-state index in [1.807, 2.05) is 18.2 Å². The van der Waals surface area contributed by atoms with Gasteiger partial charge in [-0.3, -0.25) is 9.59 Å². The highest BCUT2D eigenvalue weighted by atomic mass is 32.2. The maximum absolute atomic E-state index is 12.7. The fourth-order valence-electron chi connectivity index (χ4n) is 2.51. The highest BCUT2D eigenvalue weighted by molar-refractivity contribution is 7.99. The van der Waals surface area contributed by atoms with Crippen LogP contribution in [0.15, 0.2) is 57.8 Å². The largest absolute Gasteiger partial charge is 0.449 e.